The van der Waals surface area contributed by atoms with Crippen LogP contribution in [0.2, 0.25) is 0 Å². The minimum absolute atomic E-state index is 0.00471. The van der Waals surface area contributed by atoms with Gasteiger partial charge in [0, 0.05) is 24.7 Å². The highest BCUT2D eigenvalue weighted by molar-refractivity contribution is 7.89. The smallest absolute Gasteiger partial charge is 0.339 e. The summed E-state index contributed by atoms with van der Waals surface area (Å²) in [5, 5.41) is 0. The van der Waals surface area contributed by atoms with Crippen molar-refractivity contribution in [2.45, 2.75) is 43.7 Å². The molecular formula is C23H28N2O6S. The van der Waals surface area contributed by atoms with Crippen LogP contribution in [0.4, 0.5) is 0 Å². The summed E-state index contributed by atoms with van der Waals surface area (Å²) in [6, 6.07) is 12.5. The van der Waals surface area contributed by atoms with Crippen molar-refractivity contribution in [2.75, 3.05) is 20.2 Å². The maximum atomic E-state index is 13.1. The molecule has 0 aliphatic carbocycles. The zero-order valence-electron chi connectivity index (χ0n) is 18.4. The number of esters is 1. The standard InChI is InChI=1S/C23H28N2O6S/c1-16(2)24-32(28,29)20-15-18(11-12-19(20)30-3)23(27)31-21(17-9-5-4-6-10-17)22(26)25-13-7-8-14-25/h4-6,9-12,15-16,21,24H,7-8,13-14H2,1-3H3/t21-/m0/s1. The third kappa shape index (κ3) is 5.46. The topological polar surface area (TPSA) is 102 Å². The first kappa shape index (κ1) is 23.7. The van der Waals surface area contributed by atoms with Crippen LogP contribution in [0, 0.1) is 0 Å². The van der Waals surface area contributed by atoms with Crippen LogP contribution < -0.4 is 9.46 Å². The molecule has 1 fully saturated rings. The number of sulfonamides is 1. The van der Waals surface area contributed by atoms with Crippen molar-refractivity contribution in [1.82, 2.24) is 9.62 Å². The first-order valence-electron chi connectivity index (χ1n) is 10.5. The van der Waals surface area contributed by atoms with Crippen LogP contribution >= 0.6 is 0 Å². The number of likely N-dealkylation sites (tertiary alicyclic amines) is 1. The van der Waals surface area contributed by atoms with Gasteiger partial charge in [-0.2, -0.15) is 0 Å². The second-order valence-corrected chi connectivity index (χ2v) is 9.55. The molecule has 1 saturated heterocycles. The van der Waals surface area contributed by atoms with E-state index in [1.165, 1.54) is 25.3 Å². The zero-order valence-corrected chi connectivity index (χ0v) is 19.2. The third-order valence-electron chi connectivity index (χ3n) is 5.05. The number of hydrogen-bond acceptors (Lipinski definition) is 6. The second kappa shape index (κ2) is 10.1. The largest absolute Gasteiger partial charge is 0.495 e. The number of nitrogens with one attached hydrogen (secondary N) is 1. The molecule has 1 aliphatic rings. The van der Waals surface area contributed by atoms with Gasteiger partial charge in [-0.25, -0.2) is 17.9 Å². The predicted octanol–water partition coefficient (Wildman–Crippen LogP) is 2.90. The van der Waals surface area contributed by atoms with E-state index in [1.807, 2.05) is 6.07 Å². The molecule has 8 nitrogen and oxygen atoms in total. The molecule has 1 N–H and O–H groups in total. The first-order chi connectivity index (χ1) is 15.2. The highest BCUT2D eigenvalue weighted by Gasteiger charge is 2.32. The first-order valence-corrected chi connectivity index (χ1v) is 12.0. The molecule has 1 amide bonds. The van der Waals surface area contributed by atoms with Gasteiger partial charge in [0.2, 0.25) is 16.1 Å². The van der Waals surface area contributed by atoms with Crippen molar-refractivity contribution in [3.63, 3.8) is 0 Å². The van der Waals surface area contributed by atoms with E-state index < -0.39 is 22.1 Å². The molecule has 0 saturated carbocycles. The summed E-state index contributed by atoms with van der Waals surface area (Å²) >= 11 is 0. The Hall–Kier alpha value is -2.91. The third-order valence-corrected chi connectivity index (χ3v) is 6.73. The summed E-state index contributed by atoms with van der Waals surface area (Å²) in [5.74, 6) is -0.984. The van der Waals surface area contributed by atoms with Gasteiger partial charge in [0.25, 0.3) is 5.91 Å². The quantitative estimate of drug-likeness (QED) is 0.608. The van der Waals surface area contributed by atoms with Crippen LogP contribution in [0.3, 0.4) is 0 Å². The fourth-order valence-corrected chi connectivity index (χ4v) is 5.00. The van der Waals surface area contributed by atoms with Crippen molar-refractivity contribution in [3.05, 3.63) is 59.7 Å². The number of rotatable bonds is 8. The molecule has 0 aromatic heterocycles. The van der Waals surface area contributed by atoms with Crippen LogP contribution in [-0.4, -0.2) is 51.4 Å². The van der Waals surface area contributed by atoms with Crippen LogP contribution in [0.25, 0.3) is 0 Å². The lowest BCUT2D eigenvalue weighted by Crippen LogP contribution is -2.35. The van der Waals surface area contributed by atoms with Crippen molar-refractivity contribution in [2.24, 2.45) is 0 Å². The Kier molecular flexibility index (Phi) is 7.52. The van der Waals surface area contributed by atoms with Crippen molar-refractivity contribution >= 4 is 21.9 Å². The SMILES string of the molecule is COc1ccc(C(=O)O[C@H](C(=O)N2CCCC2)c2ccccc2)cc1S(=O)(=O)NC(C)C. The molecule has 3 rings (SSSR count). The Morgan fingerprint density at radius 3 is 2.28 bits per heavy atom. The Balaban J connectivity index is 1.92. The molecule has 1 atom stereocenters. The average molecular weight is 461 g/mol. The van der Waals surface area contributed by atoms with E-state index >= 15 is 0 Å². The van der Waals surface area contributed by atoms with Crippen LogP contribution in [0.5, 0.6) is 5.75 Å². The van der Waals surface area contributed by atoms with Crippen LogP contribution in [0.1, 0.15) is 48.7 Å². The fourth-order valence-electron chi connectivity index (χ4n) is 3.55. The number of carbonyl (C=O) groups is 2. The molecule has 32 heavy (non-hydrogen) atoms. The van der Waals surface area contributed by atoms with Crippen molar-refractivity contribution < 1.29 is 27.5 Å². The highest BCUT2D eigenvalue weighted by Crippen LogP contribution is 2.28. The number of nitrogens with zero attached hydrogens (tertiary/aromatic N) is 1. The number of hydrogen-bond donors (Lipinski definition) is 1. The number of ether oxygens (including phenoxy) is 2. The van der Waals surface area contributed by atoms with E-state index in [9.17, 15) is 18.0 Å². The number of benzene rings is 2. The molecule has 2 aromatic carbocycles. The van der Waals surface area contributed by atoms with E-state index in [1.54, 1.807) is 43.0 Å². The van der Waals surface area contributed by atoms with E-state index in [4.69, 9.17) is 9.47 Å². The lowest BCUT2D eigenvalue weighted by molar-refractivity contribution is -0.140. The minimum Gasteiger partial charge on any atom is -0.495 e. The number of methoxy groups -OCH3 is 1. The van der Waals surface area contributed by atoms with Gasteiger partial charge in [-0.3, -0.25) is 4.79 Å². The fraction of sp³-hybridized carbons (Fsp3) is 0.391. The summed E-state index contributed by atoms with van der Waals surface area (Å²) in [6.07, 6.45) is 0.700. The molecule has 2 aromatic rings. The highest BCUT2D eigenvalue weighted by atomic mass is 32.2. The molecule has 0 radical (unpaired) electrons. The van der Waals surface area contributed by atoms with Crippen molar-refractivity contribution in [1.29, 1.82) is 0 Å². The Bertz CT molecular complexity index is 1060. The van der Waals surface area contributed by atoms with Gasteiger partial charge >= 0.3 is 5.97 Å². The summed E-state index contributed by atoms with van der Waals surface area (Å²) < 4.78 is 38.7. The summed E-state index contributed by atoms with van der Waals surface area (Å²) in [6.45, 7) is 4.62. The van der Waals surface area contributed by atoms with Gasteiger partial charge in [-0.1, -0.05) is 30.3 Å². The monoisotopic (exact) mass is 460 g/mol. The second-order valence-electron chi connectivity index (χ2n) is 7.87. The van der Waals surface area contributed by atoms with Gasteiger partial charge in [-0.15, -0.1) is 0 Å². The molecule has 9 heteroatoms. The normalized spacial score (nSPS) is 14.9. The molecule has 172 valence electrons. The maximum absolute atomic E-state index is 13.1. The molecule has 0 spiro atoms. The number of carbonyl (C=O) groups excluding carboxylic acids is 2. The van der Waals surface area contributed by atoms with E-state index in [-0.39, 0.29) is 28.2 Å². The lowest BCUT2D eigenvalue weighted by Gasteiger charge is -2.23. The van der Waals surface area contributed by atoms with Crippen molar-refractivity contribution in [3.8, 4) is 5.75 Å². The van der Waals surface area contributed by atoms with Gasteiger partial charge in [0.15, 0.2) is 0 Å². The van der Waals surface area contributed by atoms with E-state index in [0.717, 1.165) is 12.8 Å². The molecule has 0 bridgehead atoms. The summed E-state index contributed by atoms with van der Waals surface area (Å²) in [4.78, 5) is 27.6. The van der Waals surface area contributed by atoms with Gasteiger partial charge in [0.05, 0.1) is 12.7 Å². The van der Waals surface area contributed by atoms with E-state index in [2.05, 4.69) is 4.72 Å². The maximum Gasteiger partial charge on any atom is 0.339 e. The molecule has 0 unspecified atom stereocenters. The van der Waals surface area contributed by atoms with Crippen LogP contribution in [-0.2, 0) is 19.6 Å². The Labute approximate surface area is 188 Å². The number of amides is 1. The van der Waals surface area contributed by atoms with Gasteiger partial charge in [0.1, 0.15) is 10.6 Å². The Morgan fingerprint density at radius 1 is 1.03 bits per heavy atom. The van der Waals surface area contributed by atoms with Crippen LogP contribution in [0.15, 0.2) is 53.4 Å². The Morgan fingerprint density at radius 2 is 1.69 bits per heavy atom. The molecular weight excluding hydrogens is 432 g/mol. The van der Waals surface area contributed by atoms with Gasteiger partial charge in [-0.05, 0) is 44.9 Å². The molecule has 1 heterocycles. The summed E-state index contributed by atoms with van der Waals surface area (Å²) in [5.41, 5.74) is 0.561. The average Bonchev–Trinajstić information content (AvgIpc) is 3.31. The van der Waals surface area contributed by atoms with Gasteiger partial charge < -0.3 is 14.4 Å². The minimum atomic E-state index is -3.93. The van der Waals surface area contributed by atoms with E-state index in [0.29, 0.717) is 18.7 Å². The summed E-state index contributed by atoms with van der Waals surface area (Å²) in [7, 11) is -2.58. The molecule has 1 aliphatic heterocycles. The zero-order chi connectivity index (χ0) is 23.3. The lowest BCUT2D eigenvalue weighted by atomic mass is 10.1. The predicted molar refractivity (Wildman–Crippen MR) is 119 cm³/mol.